The monoisotopic (exact) mass is 541 g/mol. The highest BCUT2D eigenvalue weighted by molar-refractivity contribution is 5.98. The Kier molecular flexibility index (Phi) is 7.86. The number of morpholine rings is 1. The molecule has 1 fully saturated rings. The number of pyridine rings is 1. The van der Waals surface area contributed by atoms with Crippen molar-refractivity contribution in [3.8, 4) is 0 Å². The quantitative estimate of drug-likeness (QED) is 0.437. The van der Waals surface area contributed by atoms with Crippen LogP contribution in [0.2, 0.25) is 0 Å². The molecular weight excluding hydrogens is 516 g/mol. The number of primary amides is 1. The SMILES string of the molecule is NC(=O)c1cnc(NC2C=CC(N3CCOCC3)=CC2)cc1NCc1cc(C(F)(F)F)cc(C(F)(F)F)c1. The number of halogens is 6. The summed E-state index contributed by atoms with van der Waals surface area (Å²) in [7, 11) is 0. The van der Waals surface area contributed by atoms with Gasteiger partial charge in [-0.25, -0.2) is 4.98 Å². The summed E-state index contributed by atoms with van der Waals surface area (Å²) in [6.45, 7) is 2.50. The van der Waals surface area contributed by atoms with Gasteiger partial charge in [-0.15, -0.1) is 0 Å². The highest BCUT2D eigenvalue weighted by atomic mass is 19.4. The van der Waals surface area contributed by atoms with E-state index >= 15 is 0 Å². The lowest BCUT2D eigenvalue weighted by atomic mass is 10.0. The van der Waals surface area contributed by atoms with E-state index in [2.05, 4.69) is 26.6 Å². The molecule has 4 rings (SSSR count). The molecule has 0 saturated carbocycles. The summed E-state index contributed by atoms with van der Waals surface area (Å²) >= 11 is 0. The third-order valence-corrected chi connectivity index (χ3v) is 6.09. The number of ether oxygens (including phenoxy) is 1. The lowest BCUT2D eigenvalue weighted by Gasteiger charge is -2.31. The highest BCUT2D eigenvalue weighted by Gasteiger charge is 2.36. The molecule has 1 aromatic carbocycles. The van der Waals surface area contributed by atoms with E-state index < -0.39 is 35.9 Å². The van der Waals surface area contributed by atoms with E-state index in [-0.39, 0.29) is 28.9 Å². The second kappa shape index (κ2) is 10.9. The number of hydrogen-bond acceptors (Lipinski definition) is 6. The van der Waals surface area contributed by atoms with Gasteiger partial charge >= 0.3 is 12.4 Å². The van der Waals surface area contributed by atoms with Crippen LogP contribution < -0.4 is 16.4 Å². The predicted octanol–water partition coefficient (Wildman–Crippen LogP) is 4.79. The van der Waals surface area contributed by atoms with Crippen LogP contribution in [-0.4, -0.2) is 48.1 Å². The van der Waals surface area contributed by atoms with Crippen molar-refractivity contribution in [3.05, 3.63) is 76.6 Å². The summed E-state index contributed by atoms with van der Waals surface area (Å²) in [5.41, 5.74) is 3.41. The van der Waals surface area contributed by atoms with Gasteiger partial charge in [0, 0.05) is 43.6 Å². The maximum atomic E-state index is 13.2. The van der Waals surface area contributed by atoms with Gasteiger partial charge in [0.15, 0.2) is 0 Å². The molecule has 1 unspecified atom stereocenters. The zero-order valence-corrected chi connectivity index (χ0v) is 20.0. The largest absolute Gasteiger partial charge is 0.416 e. The Balaban J connectivity index is 1.49. The minimum Gasteiger partial charge on any atom is -0.380 e. The van der Waals surface area contributed by atoms with Crippen LogP contribution in [0.3, 0.4) is 0 Å². The molecule has 13 heteroatoms. The van der Waals surface area contributed by atoms with E-state index in [0.29, 0.717) is 37.6 Å². The molecule has 1 aliphatic carbocycles. The molecule has 204 valence electrons. The van der Waals surface area contributed by atoms with Crippen molar-refractivity contribution in [1.82, 2.24) is 9.88 Å². The van der Waals surface area contributed by atoms with Gasteiger partial charge in [0.25, 0.3) is 5.91 Å². The van der Waals surface area contributed by atoms with Crippen LogP contribution in [0.5, 0.6) is 0 Å². The maximum absolute atomic E-state index is 13.2. The molecule has 1 aromatic heterocycles. The minimum atomic E-state index is -4.97. The van der Waals surface area contributed by atoms with E-state index in [4.69, 9.17) is 10.5 Å². The smallest absolute Gasteiger partial charge is 0.380 e. The van der Waals surface area contributed by atoms with E-state index in [0.717, 1.165) is 18.8 Å². The summed E-state index contributed by atoms with van der Waals surface area (Å²) in [6.07, 6.45) is -2.07. The third kappa shape index (κ3) is 6.77. The van der Waals surface area contributed by atoms with Gasteiger partial charge in [-0.1, -0.05) is 12.2 Å². The van der Waals surface area contributed by atoms with E-state index in [1.54, 1.807) is 0 Å². The Hall–Kier alpha value is -3.74. The number of carbonyl (C=O) groups is 1. The topological polar surface area (TPSA) is 92.5 Å². The van der Waals surface area contributed by atoms with Gasteiger partial charge in [0.1, 0.15) is 5.82 Å². The predicted molar refractivity (Wildman–Crippen MR) is 128 cm³/mol. The summed E-state index contributed by atoms with van der Waals surface area (Å²) in [6, 6.07) is 2.61. The number of allylic oxidation sites excluding steroid dienone is 1. The molecule has 0 bridgehead atoms. The summed E-state index contributed by atoms with van der Waals surface area (Å²) in [4.78, 5) is 18.3. The Morgan fingerprint density at radius 1 is 1.05 bits per heavy atom. The molecule has 1 saturated heterocycles. The average Bonchev–Trinajstić information content (AvgIpc) is 2.87. The van der Waals surface area contributed by atoms with Gasteiger partial charge in [0.05, 0.1) is 35.6 Å². The lowest BCUT2D eigenvalue weighted by Crippen LogP contribution is -2.36. The standard InChI is InChI=1S/C25H25F6N5O2/c26-24(27,28)16-9-15(10-17(11-16)25(29,30)31)13-33-21-12-22(34-14-20(21)23(32)37)35-18-1-3-19(4-2-18)36-5-7-38-8-6-36/h1,3-4,9-12,14,18H,2,5-8,13H2,(H2,32,37)(H2,33,34,35). The van der Waals surface area contributed by atoms with Crippen molar-refractivity contribution >= 4 is 17.4 Å². The normalized spacial score (nSPS) is 18.2. The molecular formula is C25H25F6N5O2. The van der Waals surface area contributed by atoms with Crippen LogP contribution >= 0.6 is 0 Å². The number of rotatable bonds is 7. The van der Waals surface area contributed by atoms with Crippen molar-refractivity contribution in [2.75, 3.05) is 36.9 Å². The zero-order chi connectivity index (χ0) is 27.5. The highest BCUT2D eigenvalue weighted by Crippen LogP contribution is 2.36. The van der Waals surface area contributed by atoms with Crippen molar-refractivity contribution in [2.24, 2.45) is 5.73 Å². The summed E-state index contributed by atoms with van der Waals surface area (Å²) in [5.74, 6) is -0.516. The van der Waals surface area contributed by atoms with Crippen LogP contribution in [0.25, 0.3) is 0 Å². The van der Waals surface area contributed by atoms with E-state index in [9.17, 15) is 31.1 Å². The van der Waals surface area contributed by atoms with Crippen molar-refractivity contribution in [2.45, 2.75) is 31.4 Å². The molecule has 1 amide bonds. The Bertz CT molecular complexity index is 1200. The van der Waals surface area contributed by atoms with Crippen molar-refractivity contribution in [1.29, 1.82) is 0 Å². The summed E-state index contributed by atoms with van der Waals surface area (Å²) < 4.78 is 84.5. The van der Waals surface area contributed by atoms with Crippen LogP contribution in [0.1, 0.15) is 33.5 Å². The van der Waals surface area contributed by atoms with Crippen molar-refractivity contribution < 1.29 is 35.9 Å². The lowest BCUT2D eigenvalue weighted by molar-refractivity contribution is -0.143. The van der Waals surface area contributed by atoms with Crippen LogP contribution in [0, 0.1) is 0 Å². The van der Waals surface area contributed by atoms with Gasteiger partial charge in [-0.05, 0) is 36.3 Å². The fourth-order valence-electron chi connectivity index (χ4n) is 4.16. The number of nitrogens with two attached hydrogens (primary N) is 1. The number of nitrogens with one attached hydrogen (secondary N) is 2. The Morgan fingerprint density at radius 2 is 1.71 bits per heavy atom. The molecule has 4 N–H and O–H groups in total. The first kappa shape index (κ1) is 27.3. The molecule has 0 radical (unpaired) electrons. The number of hydrogen-bond donors (Lipinski definition) is 3. The summed E-state index contributed by atoms with van der Waals surface area (Å²) in [5, 5.41) is 5.92. The van der Waals surface area contributed by atoms with Gasteiger partial charge in [-0.2, -0.15) is 26.3 Å². The van der Waals surface area contributed by atoms with Crippen LogP contribution in [0.15, 0.2) is 54.4 Å². The van der Waals surface area contributed by atoms with E-state index in [1.165, 1.54) is 12.3 Å². The molecule has 0 spiro atoms. The number of anilines is 2. The number of amides is 1. The average molecular weight is 541 g/mol. The van der Waals surface area contributed by atoms with Gasteiger partial charge in [0.2, 0.25) is 0 Å². The molecule has 38 heavy (non-hydrogen) atoms. The minimum absolute atomic E-state index is 0.0589. The Morgan fingerprint density at radius 3 is 2.26 bits per heavy atom. The fourth-order valence-corrected chi connectivity index (χ4v) is 4.16. The first-order valence-corrected chi connectivity index (χ1v) is 11.7. The van der Waals surface area contributed by atoms with Crippen molar-refractivity contribution in [3.63, 3.8) is 0 Å². The molecule has 2 aromatic rings. The van der Waals surface area contributed by atoms with E-state index in [1.807, 2.05) is 12.2 Å². The second-order valence-electron chi connectivity index (χ2n) is 8.82. The molecule has 2 aliphatic rings. The number of benzene rings is 1. The molecule has 2 heterocycles. The molecule has 1 aliphatic heterocycles. The third-order valence-electron chi connectivity index (χ3n) is 6.09. The number of alkyl halides is 6. The second-order valence-corrected chi connectivity index (χ2v) is 8.82. The maximum Gasteiger partial charge on any atom is 0.416 e. The number of nitrogens with zero attached hydrogens (tertiary/aromatic N) is 2. The first-order chi connectivity index (χ1) is 17.9. The molecule has 1 atom stereocenters. The molecule has 7 nitrogen and oxygen atoms in total. The number of carbonyl (C=O) groups excluding carboxylic acids is 1. The van der Waals surface area contributed by atoms with Gasteiger partial charge < -0.3 is 26.0 Å². The Labute approximate surface area is 214 Å². The number of aromatic nitrogens is 1. The fraction of sp³-hybridized carbons (Fsp3) is 0.360. The first-order valence-electron chi connectivity index (χ1n) is 11.7. The van der Waals surface area contributed by atoms with Crippen LogP contribution in [-0.2, 0) is 23.6 Å². The zero-order valence-electron chi connectivity index (χ0n) is 20.0. The van der Waals surface area contributed by atoms with Crippen LogP contribution in [0.4, 0.5) is 37.8 Å². The van der Waals surface area contributed by atoms with Gasteiger partial charge in [-0.3, -0.25) is 4.79 Å².